The summed E-state index contributed by atoms with van der Waals surface area (Å²) < 4.78 is 0. The van der Waals surface area contributed by atoms with Gasteiger partial charge in [-0.1, -0.05) is 24.3 Å². The normalized spacial score (nSPS) is 24.9. The molecule has 0 spiro atoms. The molecule has 3 heterocycles. The molecule has 29 heavy (non-hydrogen) atoms. The van der Waals surface area contributed by atoms with Crippen LogP contribution >= 0.6 is 11.6 Å². The van der Waals surface area contributed by atoms with E-state index in [0.717, 1.165) is 43.4 Å². The van der Waals surface area contributed by atoms with E-state index in [1.807, 2.05) is 55.4 Å². The lowest BCUT2D eigenvalue weighted by Crippen LogP contribution is -2.57. The van der Waals surface area contributed by atoms with Gasteiger partial charge in [0.1, 0.15) is 11.2 Å². The van der Waals surface area contributed by atoms with Crippen LogP contribution in [0.25, 0.3) is 0 Å². The fourth-order valence-electron chi connectivity index (χ4n) is 4.46. The van der Waals surface area contributed by atoms with Crippen LogP contribution in [0.2, 0.25) is 0 Å². The predicted octanol–water partition coefficient (Wildman–Crippen LogP) is 2.77. The average molecular weight is 414 g/mol. The van der Waals surface area contributed by atoms with Crippen LogP contribution in [0.15, 0.2) is 48.5 Å². The van der Waals surface area contributed by atoms with Crippen LogP contribution < -0.4 is 9.91 Å². The van der Waals surface area contributed by atoms with E-state index in [2.05, 4.69) is 33.8 Å². The van der Waals surface area contributed by atoms with Gasteiger partial charge in [-0.15, -0.1) is 11.6 Å². The van der Waals surface area contributed by atoms with Crippen molar-refractivity contribution in [2.24, 2.45) is 0 Å². The van der Waals surface area contributed by atoms with Gasteiger partial charge in [-0.25, -0.2) is 15.0 Å². The number of carbonyl (C=O) groups excluding carboxylic acids is 1. The molecule has 2 saturated heterocycles. The summed E-state index contributed by atoms with van der Waals surface area (Å²) in [6.45, 7) is 7.88. The maximum Gasteiger partial charge on any atom is 0.261 e. The summed E-state index contributed by atoms with van der Waals surface area (Å²) in [5, 5.41) is 3.16. The van der Waals surface area contributed by atoms with E-state index in [1.54, 1.807) is 5.01 Å². The van der Waals surface area contributed by atoms with Gasteiger partial charge in [0.05, 0.1) is 11.7 Å². The molecule has 4 rings (SSSR count). The summed E-state index contributed by atoms with van der Waals surface area (Å²) in [5.74, 6) is 0.982. The molecule has 154 valence electrons. The van der Waals surface area contributed by atoms with Crippen molar-refractivity contribution in [3.8, 4) is 0 Å². The van der Waals surface area contributed by atoms with Crippen LogP contribution in [-0.4, -0.2) is 71.5 Å². The number of likely N-dealkylation sites (N-methyl/N-ethyl adjacent to an activating group) is 1. The Kier molecular flexibility index (Phi) is 5.76. The fraction of sp³-hybridized carbons (Fsp3) is 0.455. The summed E-state index contributed by atoms with van der Waals surface area (Å²) in [7, 11) is 1.96. The summed E-state index contributed by atoms with van der Waals surface area (Å²) >= 11 is 6.64. The van der Waals surface area contributed by atoms with E-state index >= 15 is 0 Å². The number of aromatic nitrogens is 1. The van der Waals surface area contributed by atoms with Gasteiger partial charge in [-0.05, 0) is 38.1 Å². The van der Waals surface area contributed by atoms with Crippen molar-refractivity contribution in [3.63, 3.8) is 0 Å². The quantitative estimate of drug-likeness (QED) is 0.721. The van der Waals surface area contributed by atoms with Crippen molar-refractivity contribution in [2.45, 2.75) is 31.3 Å². The first kappa shape index (κ1) is 20.1. The molecular weight excluding hydrogens is 386 g/mol. The number of amides is 1. The van der Waals surface area contributed by atoms with Gasteiger partial charge in [0, 0.05) is 45.0 Å². The summed E-state index contributed by atoms with van der Waals surface area (Å²) in [4.78, 5) is 22.3. The second-order valence-electron chi connectivity index (χ2n) is 7.85. The predicted molar refractivity (Wildman–Crippen MR) is 117 cm³/mol. The lowest BCUT2D eigenvalue weighted by atomic mass is 10.0. The number of hydrogen-bond acceptors (Lipinski definition) is 5. The maximum atomic E-state index is 12.9. The Morgan fingerprint density at radius 3 is 2.38 bits per heavy atom. The number of rotatable bonds is 4. The molecule has 3 atom stereocenters. The molecular formula is C22H28ClN5O. The largest absolute Gasteiger partial charge is 0.354 e. The molecule has 2 fully saturated rings. The number of halogens is 1. The van der Waals surface area contributed by atoms with Crippen LogP contribution in [0.5, 0.6) is 0 Å². The Morgan fingerprint density at radius 2 is 1.72 bits per heavy atom. The van der Waals surface area contributed by atoms with Gasteiger partial charge < -0.3 is 4.90 Å². The number of hydrogen-bond donors (Lipinski definition) is 0. The molecule has 2 aliphatic rings. The fourth-order valence-corrected chi connectivity index (χ4v) is 4.92. The Labute approximate surface area is 177 Å². The second kappa shape index (κ2) is 8.30. The number of anilines is 2. The molecule has 0 bridgehead atoms. The molecule has 1 aromatic carbocycles. The summed E-state index contributed by atoms with van der Waals surface area (Å²) in [5.41, 5.74) is 1.89. The highest BCUT2D eigenvalue weighted by Gasteiger charge is 2.48. The molecule has 1 aromatic heterocycles. The third-order valence-corrected chi connectivity index (χ3v) is 6.52. The van der Waals surface area contributed by atoms with Crippen LogP contribution in [0, 0.1) is 6.92 Å². The number of aryl methyl sites for hydroxylation is 1. The first-order valence-electron chi connectivity index (χ1n) is 10.2. The average Bonchev–Trinajstić information content (AvgIpc) is 2.96. The minimum atomic E-state index is -0.563. The third kappa shape index (κ3) is 3.84. The molecule has 6 nitrogen and oxygen atoms in total. The molecule has 7 heteroatoms. The summed E-state index contributed by atoms with van der Waals surface area (Å²) in [6.07, 6.45) is 0. The zero-order valence-electron chi connectivity index (χ0n) is 17.2. The van der Waals surface area contributed by atoms with E-state index in [-0.39, 0.29) is 18.0 Å². The first-order valence-corrected chi connectivity index (χ1v) is 10.6. The topological polar surface area (TPSA) is 42.9 Å². The van der Waals surface area contributed by atoms with Crippen molar-refractivity contribution in [1.82, 2.24) is 14.9 Å². The number of benzene rings is 1. The number of hydrazine groups is 1. The van der Waals surface area contributed by atoms with Gasteiger partial charge in [0.15, 0.2) is 0 Å². The van der Waals surface area contributed by atoms with Crippen molar-refractivity contribution in [2.75, 3.05) is 43.1 Å². The highest BCUT2D eigenvalue weighted by atomic mass is 35.5. The minimum absolute atomic E-state index is 0.0557. The Hall–Kier alpha value is -2.15. The van der Waals surface area contributed by atoms with Gasteiger partial charge in [-0.2, -0.15) is 0 Å². The standard InChI is InChI=1S/C22H28ClN5O/c1-16-8-7-11-19(24-16)27-14-12-26(13-15-27)17(2)21-20(23)22(29)28(25(21)3)18-9-5-4-6-10-18/h4-11,17,20-21H,12-15H2,1-3H3. The van der Waals surface area contributed by atoms with Crippen molar-refractivity contribution in [3.05, 3.63) is 54.2 Å². The number of carbonyl (C=O) groups is 1. The lowest BCUT2D eigenvalue weighted by Gasteiger charge is -2.42. The summed E-state index contributed by atoms with van der Waals surface area (Å²) in [6, 6.07) is 15.9. The van der Waals surface area contributed by atoms with E-state index in [9.17, 15) is 4.79 Å². The Balaban J connectivity index is 1.44. The molecule has 0 N–H and O–H groups in total. The first-order chi connectivity index (χ1) is 14.0. The van der Waals surface area contributed by atoms with E-state index in [4.69, 9.17) is 11.6 Å². The molecule has 0 saturated carbocycles. The van der Waals surface area contributed by atoms with Gasteiger partial charge in [0.2, 0.25) is 0 Å². The van der Waals surface area contributed by atoms with Crippen molar-refractivity contribution < 1.29 is 4.79 Å². The van der Waals surface area contributed by atoms with Crippen molar-refractivity contribution in [1.29, 1.82) is 0 Å². The molecule has 0 radical (unpaired) electrons. The monoisotopic (exact) mass is 413 g/mol. The zero-order chi connectivity index (χ0) is 20.5. The Bertz CT molecular complexity index is 855. The van der Waals surface area contributed by atoms with E-state index in [0.29, 0.717) is 0 Å². The maximum absolute atomic E-state index is 12.9. The van der Waals surface area contributed by atoms with Crippen molar-refractivity contribution >= 4 is 29.0 Å². The van der Waals surface area contributed by atoms with Crippen LogP contribution in [0.3, 0.4) is 0 Å². The number of pyridine rings is 1. The lowest BCUT2D eigenvalue weighted by molar-refractivity contribution is -0.117. The van der Waals surface area contributed by atoms with E-state index < -0.39 is 5.38 Å². The SMILES string of the molecule is Cc1cccc(N2CCN(C(C)C3C(Cl)C(=O)N(c4ccccc4)N3C)CC2)n1. The number of para-hydroxylation sites is 1. The Morgan fingerprint density at radius 1 is 1.03 bits per heavy atom. The molecule has 1 amide bonds. The van der Waals surface area contributed by atoms with Gasteiger partial charge >= 0.3 is 0 Å². The van der Waals surface area contributed by atoms with Crippen LogP contribution in [-0.2, 0) is 4.79 Å². The molecule has 2 aliphatic heterocycles. The van der Waals surface area contributed by atoms with Crippen LogP contribution in [0.4, 0.5) is 11.5 Å². The van der Waals surface area contributed by atoms with Crippen LogP contribution in [0.1, 0.15) is 12.6 Å². The third-order valence-electron chi connectivity index (χ3n) is 6.07. The number of piperazine rings is 1. The molecule has 3 unspecified atom stereocenters. The highest BCUT2D eigenvalue weighted by molar-refractivity contribution is 6.34. The molecule has 0 aliphatic carbocycles. The minimum Gasteiger partial charge on any atom is -0.354 e. The smallest absolute Gasteiger partial charge is 0.261 e. The molecule has 2 aromatic rings. The van der Waals surface area contributed by atoms with E-state index in [1.165, 1.54) is 0 Å². The number of nitrogens with zero attached hydrogens (tertiary/aromatic N) is 5. The highest BCUT2D eigenvalue weighted by Crippen LogP contribution is 2.32. The van der Waals surface area contributed by atoms with Gasteiger partial charge in [-0.3, -0.25) is 9.69 Å². The second-order valence-corrected chi connectivity index (χ2v) is 8.32. The number of alkyl halides is 1. The van der Waals surface area contributed by atoms with Gasteiger partial charge in [0.25, 0.3) is 5.91 Å². The zero-order valence-corrected chi connectivity index (χ0v) is 18.0.